The highest BCUT2D eigenvalue weighted by atomic mass is 32.2. The summed E-state index contributed by atoms with van der Waals surface area (Å²) < 4.78 is 280. The van der Waals surface area contributed by atoms with Gasteiger partial charge in [-0.1, -0.05) is 59.9 Å². The quantitative estimate of drug-likeness (QED) is 0.0939. The SMILES string of the molecule is [2H]c1c([2H])c(F)c(F)c(C([2H])([2H])Sc2c([2H])c(=O)c3c([2H])c(C)c([2H])c([2H])c3n2C([2H])([2H])C(=O)N(Cc2c([2H])c([2H])c(-c3c([2H])c([2H])c(C(F)(F)F)c([2H])c3[2H])c([2H])c2[2H])C2CCN(CC([2H])([2H])OC([2H])([2H])[2H])CC2)c1[2H]. The van der Waals surface area contributed by atoms with Crippen molar-refractivity contribution in [3.8, 4) is 11.1 Å². The summed E-state index contributed by atoms with van der Waals surface area (Å²) in [5, 5.41) is -2.35. The number of aromatic nitrogens is 1. The molecule has 6 rings (SSSR count). The number of fused-ring (bicyclic) bond motifs is 1. The standard InChI is InChI=1S/C41H40F5N3O3S/c1-27-6-15-36-34(22-27)37(50)23-39(53-26-31-4-3-5-35(42)40(31)43)49(36)25-38(51)48(33-16-18-47(19-17-33)20-21-52-2)24-28-7-9-29(10-8-28)30-11-13-32(14-12-30)41(44,45)46/h3-15,22-23,33H,16-21,24-26H2,1-2H3/i2D3,3D,4D,5D,6D,7D,8D,9D,10D,11D,12D,13D,14D,15D,21D2,22D,23D,25D2,26D2. The number of alkyl halides is 3. The van der Waals surface area contributed by atoms with E-state index in [-0.39, 0.29) is 36.1 Å². The number of halogens is 5. The lowest BCUT2D eigenvalue weighted by Crippen LogP contribution is -2.48. The highest BCUT2D eigenvalue weighted by molar-refractivity contribution is 7.98. The molecule has 4 aromatic carbocycles. The molecule has 0 N–H and O–H groups in total. The van der Waals surface area contributed by atoms with E-state index in [1.54, 1.807) is 0 Å². The van der Waals surface area contributed by atoms with Crippen LogP contribution in [0.2, 0.25) is 0 Å². The molecule has 0 spiro atoms. The molecule has 1 aliphatic heterocycles. The van der Waals surface area contributed by atoms with Gasteiger partial charge in [0, 0.05) is 64.7 Å². The number of nitrogens with zero attached hydrogens (tertiary/aromatic N) is 3. The number of methoxy groups -OCH3 is 1. The van der Waals surface area contributed by atoms with Crippen LogP contribution in [0.3, 0.4) is 0 Å². The largest absolute Gasteiger partial charge is 0.416 e. The van der Waals surface area contributed by atoms with Crippen LogP contribution in [0, 0.1) is 18.6 Å². The minimum absolute atomic E-state index is 0.0289. The molecule has 0 unspecified atom stereocenters. The number of benzene rings is 4. The molecule has 0 radical (unpaired) electrons. The van der Waals surface area contributed by atoms with E-state index >= 15 is 9.18 Å². The molecule has 2 heterocycles. The van der Waals surface area contributed by atoms with E-state index in [9.17, 15) is 25.1 Å². The average Bonchev–Trinajstić information content (AvgIpc) is 3.31. The normalized spacial score (nSPS) is 21.7. The van der Waals surface area contributed by atoms with Crippen LogP contribution >= 0.6 is 11.8 Å². The monoisotopic (exact) mass is 773 g/mol. The average molecular weight is 774 g/mol. The van der Waals surface area contributed by atoms with Gasteiger partial charge < -0.3 is 19.1 Å². The lowest BCUT2D eigenvalue weighted by Gasteiger charge is -2.39. The lowest BCUT2D eigenvalue weighted by atomic mass is 10.00. The molecule has 5 aromatic rings. The Morgan fingerprint density at radius 1 is 1.00 bits per heavy atom. The maximum absolute atomic E-state index is 15.6. The van der Waals surface area contributed by atoms with E-state index in [2.05, 4.69) is 4.74 Å². The number of carbonyl (C=O) groups is 1. The summed E-state index contributed by atoms with van der Waals surface area (Å²) >= 11 is -0.525. The predicted octanol–water partition coefficient (Wildman–Crippen LogP) is 8.71. The van der Waals surface area contributed by atoms with Crippen LogP contribution in [0.1, 0.15) is 68.0 Å². The number of thioether (sulfide) groups is 1. The first-order chi connectivity index (χ1) is 35.0. The fourth-order valence-electron chi connectivity index (χ4n) is 5.19. The summed E-state index contributed by atoms with van der Waals surface area (Å²) in [6, 6.07) is -20.9. The predicted molar refractivity (Wildman–Crippen MR) is 198 cm³/mol. The van der Waals surface area contributed by atoms with Crippen molar-refractivity contribution in [1.82, 2.24) is 14.4 Å². The lowest BCUT2D eigenvalue weighted by molar-refractivity contribution is -0.137. The fraction of sp³-hybridized carbons (Fsp3) is 0.317. The van der Waals surface area contributed by atoms with Gasteiger partial charge in [0.05, 0.1) is 52.8 Å². The third-order valence-electron chi connectivity index (χ3n) is 7.80. The molecule has 1 aromatic heterocycles. The molecular formula is C41H40F5N3O3S. The van der Waals surface area contributed by atoms with Gasteiger partial charge >= 0.3 is 6.18 Å². The van der Waals surface area contributed by atoms with Gasteiger partial charge in [-0.15, -0.1) is 11.8 Å². The van der Waals surface area contributed by atoms with Crippen LogP contribution in [0.5, 0.6) is 0 Å². The van der Waals surface area contributed by atoms with Crippen LogP contribution in [0.4, 0.5) is 22.0 Å². The van der Waals surface area contributed by atoms with Crippen molar-refractivity contribution in [2.75, 3.05) is 33.2 Å². The highest BCUT2D eigenvalue weighted by Crippen LogP contribution is 2.32. The van der Waals surface area contributed by atoms with E-state index in [4.69, 9.17) is 30.2 Å². The first-order valence-corrected chi connectivity index (χ1v) is 16.2. The van der Waals surface area contributed by atoms with E-state index < -0.39 is 220 Å². The van der Waals surface area contributed by atoms with Crippen molar-refractivity contribution < 1.29 is 64.4 Å². The van der Waals surface area contributed by atoms with Crippen molar-refractivity contribution in [2.45, 2.75) is 55.8 Å². The summed E-state index contributed by atoms with van der Waals surface area (Å²) in [5.74, 6) is -6.20. The second kappa shape index (κ2) is 16.7. The maximum atomic E-state index is 15.6. The molecule has 0 atom stereocenters. The number of amides is 1. The Morgan fingerprint density at radius 2 is 1.70 bits per heavy atom. The van der Waals surface area contributed by atoms with Gasteiger partial charge in [-0.05, 0) is 66.7 Å². The summed E-state index contributed by atoms with van der Waals surface area (Å²) in [7, 11) is -3.21. The van der Waals surface area contributed by atoms with Gasteiger partial charge in [-0.2, -0.15) is 13.2 Å². The van der Waals surface area contributed by atoms with Crippen LogP contribution < -0.4 is 5.43 Å². The summed E-state index contributed by atoms with van der Waals surface area (Å²) in [6.45, 7) is -8.22. The molecule has 0 saturated carbocycles. The summed E-state index contributed by atoms with van der Waals surface area (Å²) in [6.07, 6.45) is -6.14. The third kappa shape index (κ3) is 9.17. The number of rotatable bonds is 12. The zero-order valence-electron chi connectivity index (χ0n) is 51.2. The van der Waals surface area contributed by atoms with Crippen LogP contribution in [-0.4, -0.2) is 59.5 Å². The zero-order chi connectivity index (χ0) is 58.6. The minimum Gasteiger partial charge on any atom is -0.383 e. The Bertz CT molecular complexity index is 3260. The molecule has 1 saturated heterocycles. The molecule has 6 nitrogen and oxygen atoms in total. The first kappa shape index (κ1) is 18.2. The van der Waals surface area contributed by atoms with E-state index in [1.165, 1.54) is 4.90 Å². The number of carbonyl (C=O) groups excluding carboxylic acids is 1. The Hall–Kier alpha value is -4.52. The van der Waals surface area contributed by atoms with Gasteiger partial charge in [0.25, 0.3) is 0 Å². The van der Waals surface area contributed by atoms with Gasteiger partial charge in [0.2, 0.25) is 5.91 Å². The zero-order valence-corrected chi connectivity index (χ0v) is 28.0. The molecule has 53 heavy (non-hydrogen) atoms. The topological polar surface area (TPSA) is 54.8 Å². The number of hydrogen-bond acceptors (Lipinski definition) is 5. The minimum atomic E-state index is -5.43. The molecular weight excluding hydrogens is 710 g/mol. The highest BCUT2D eigenvalue weighted by Gasteiger charge is 2.31. The van der Waals surface area contributed by atoms with E-state index in [0.717, 1.165) is 6.92 Å². The van der Waals surface area contributed by atoms with Gasteiger partial charge in [-0.25, -0.2) is 8.78 Å². The van der Waals surface area contributed by atoms with Gasteiger partial charge in [0.15, 0.2) is 17.1 Å². The molecule has 1 aliphatic rings. The maximum Gasteiger partial charge on any atom is 0.416 e. The Morgan fingerprint density at radius 3 is 2.38 bits per heavy atom. The van der Waals surface area contributed by atoms with Crippen LogP contribution in [0.25, 0.3) is 22.0 Å². The molecule has 0 bridgehead atoms. The number of hydrogen-bond donors (Lipinski definition) is 0. The number of piperidine rings is 1. The first-order valence-electron chi connectivity index (χ1n) is 27.4. The van der Waals surface area contributed by atoms with Gasteiger partial charge in [-0.3, -0.25) is 9.59 Å². The Kier molecular flexibility index (Phi) is 5.72. The second-order valence-corrected chi connectivity index (χ2v) is 12.1. The van der Waals surface area contributed by atoms with Crippen molar-refractivity contribution in [1.29, 1.82) is 0 Å². The Balaban J connectivity index is 1.63. The molecule has 1 fully saturated rings. The van der Waals surface area contributed by atoms with E-state index in [1.807, 2.05) is 0 Å². The second-order valence-electron chi connectivity index (χ2n) is 11.3. The smallest absolute Gasteiger partial charge is 0.383 e. The molecule has 1 amide bonds. The van der Waals surface area contributed by atoms with Crippen molar-refractivity contribution in [3.05, 3.63) is 135 Å². The summed E-state index contributed by atoms with van der Waals surface area (Å²) in [4.78, 5) is 31.5. The van der Waals surface area contributed by atoms with Gasteiger partial charge in [0.1, 0.15) is 6.50 Å². The van der Waals surface area contributed by atoms with Crippen LogP contribution in [0.15, 0.2) is 100 Å². The summed E-state index contributed by atoms with van der Waals surface area (Å²) in [5.41, 5.74) is -13.3. The molecule has 0 aliphatic carbocycles. The van der Waals surface area contributed by atoms with E-state index in [0.29, 0.717) is 4.90 Å². The number of likely N-dealkylation sites (tertiary alicyclic amines) is 1. The third-order valence-corrected chi connectivity index (χ3v) is 8.59. The van der Waals surface area contributed by atoms with Crippen molar-refractivity contribution in [3.63, 3.8) is 0 Å². The van der Waals surface area contributed by atoms with Crippen molar-refractivity contribution >= 4 is 28.6 Å². The molecule has 12 heteroatoms. The fourth-order valence-corrected chi connectivity index (χ4v) is 5.90. The number of pyridine rings is 1. The number of ether oxygens (including phenoxy) is 1. The molecule has 278 valence electrons. The van der Waals surface area contributed by atoms with Crippen LogP contribution in [-0.2, 0) is 34.5 Å². The Labute approximate surface area is 342 Å². The van der Waals surface area contributed by atoms with Crippen molar-refractivity contribution in [2.24, 2.45) is 0 Å².